The van der Waals surface area contributed by atoms with E-state index in [9.17, 15) is 14.4 Å². The van der Waals surface area contributed by atoms with E-state index in [-0.39, 0.29) is 41.6 Å². The largest absolute Gasteiger partial charge is 0.348 e. The summed E-state index contributed by atoms with van der Waals surface area (Å²) in [4.78, 5) is 39.3. The zero-order chi connectivity index (χ0) is 18.4. The Balaban J connectivity index is 1.72. The molecule has 3 amide bonds. The molecule has 1 saturated heterocycles. The number of nitrogens with one attached hydrogen (secondary N) is 1. The summed E-state index contributed by atoms with van der Waals surface area (Å²) in [6.45, 7) is 7.61. The number of fused-ring (bicyclic) bond motifs is 2. The van der Waals surface area contributed by atoms with Crippen LogP contribution in [0.25, 0.3) is 0 Å². The van der Waals surface area contributed by atoms with Gasteiger partial charge >= 0.3 is 0 Å². The van der Waals surface area contributed by atoms with Gasteiger partial charge in [0, 0.05) is 5.92 Å². The van der Waals surface area contributed by atoms with Gasteiger partial charge in [-0.2, -0.15) is 0 Å². The molecule has 1 N–H and O–H groups in total. The third kappa shape index (κ3) is 2.66. The quantitative estimate of drug-likeness (QED) is 0.856. The summed E-state index contributed by atoms with van der Waals surface area (Å²) >= 11 is 0. The highest BCUT2D eigenvalue weighted by atomic mass is 16.2. The molecule has 2 aliphatic rings. The second-order valence-corrected chi connectivity index (χ2v) is 8.07. The third-order valence-electron chi connectivity index (χ3n) is 6.49. The Morgan fingerprint density at radius 1 is 1.24 bits per heavy atom. The van der Waals surface area contributed by atoms with Crippen molar-refractivity contribution < 1.29 is 14.4 Å². The Bertz CT molecular complexity index is 713. The van der Waals surface area contributed by atoms with Crippen LogP contribution in [-0.2, 0) is 14.4 Å². The first-order chi connectivity index (χ1) is 11.7. The highest BCUT2D eigenvalue weighted by molar-refractivity contribution is 6.06. The number of carbonyl (C=O) groups is 3. The van der Waals surface area contributed by atoms with E-state index in [1.54, 1.807) is 0 Å². The first kappa shape index (κ1) is 17.6. The van der Waals surface area contributed by atoms with Crippen molar-refractivity contribution in [3.8, 4) is 0 Å². The molecule has 2 bridgehead atoms. The van der Waals surface area contributed by atoms with Crippen LogP contribution in [-0.4, -0.2) is 29.2 Å². The van der Waals surface area contributed by atoms with Gasteiger partial charge in [0.2, 0.25) is 17.7 Å². The smallest absolute Gasteiger partial charge is 0.240 e. The maximum atomic E-state index is 12.9. The number of imide groups is 1. The van der Waals surface area contributed by atoms with Crippen LogP contribution in [0.1, 0.15) is 52.1 Å². The molecule has 3 unspecified atom stereocenters. The van der Waals surface area contributed by atoms with Crippen LogP contribution >= 0.6 is 0 Å². The molecule has 1 aliphatic carbocycles. The molecule has 0 radical (unpaired) electrons. The molecule has 1 aliphatic heterocycles. The van der Waals surface area contributed by atoms with E-state index in [1.807, 2.05) is 58.0 Å². The highest BCUT2D eigenvalue weighted by Crippen LogP contribution is 2.59. The van der Waals surface area contributed by atoms with Crippen LogP contribution in [0.2, 0.25) is 0 Å². The number of benzene rings is 1. The minimum Gasteiger partial charge on any atom is -0.348 e. The Hall–Kier alpha value is -2.17. The Morgan fingerprint density at radius 2 is 1.88 bits per heavy atom. The maximum Gasteiger partial charge on any atom is 0.240 e. The Morgan fingerprint density at radius 3 is 2.52 bits per heavy atom. The Kier molecular flexibility index (Phi) is 4.21. The van der Waals surface area contributed by atoms with Gasteiger partial charge in [0.25, 0.3) is 0 Å². The van der Waals surface area contributed by atoms with E-state index in [4.69, 9.17) is 0 Å². The summed E-state index contributed by atoms with van der Waals surface area (Å²) in [7, 11) is 0. The fourth-order valence-electron chi connectivity index (χ4n) is 4.31. The molecule has 1 saturated carbocycles. The van der Waals surface area contributed by atoms with Gasteiger partial charge in [0.1, 0.15) is 6.54 Å². The lowest BCUT2D eigenvalue weighted by Gasteiger charge is -2.47. The minimum absolute atomic E-state index is 0.174. The molecule has 0 aromatic heterocycles. The molecular formula is C20H26N2O3. The van der Waals surface area contributed by atoms with Gasteiger partial charge < -0.3 is 5.32 Å². The van der Waals surface area contributed by atoms with Gasteiger partial charge in [-0.1, -0.05) is 51.1 Å². The standard InChI is InChI=1S/C20H26N2O3/c1-13(14-8-6-5-7-9-14)21-16(23)12-22-17(24)15-10-11-20(4,18(22)25)19(15,2)3/h5-9,13,15H,10-12H2,1-4H3,(H,21,23). The van der Waals surface area contributed by atoms with Crippen molar-refractivity contribution in [2.24, 2.45) is 16.7 Å². The maximum absolute atomic E-state index is 12.9. The summed E-state index contributed by atoms with van der Waals surface area (Å²) in [5.41, 5.74) is 0.0582. The van der Waals surface area contributed by atoms with Crippen molar-refractivity contribution in [2.75, 3.05) is 6.54 Å². The van der Waals surface area contributed by atoms with Gasteiger partial charge in [0.15, 0.2) is 0 Å². The van der Waals surface area contributed by atoms with Crippen molar-refractivity contribution in [1.29, 1.82) is 0 Å². The van der Waals surface area contributed by atoms with Crippen molar-refractivity contribution in [2.45, 2.75) is 46.6 Å². The normalized spacial score (nSPS) is 28.8. The number of piperidine rings is 1. The molecule has 1 aromatic carbocycles. The van der Waals surface area contributed by atoms with E-state index in [0.29, 0.717) is 12.8 Å². The van der Waals surface area contributed by atoms with Crippen LogP contribution in [0.15, 0.2) is 30.3 Å². The SMILES string of the molecule is CC(NC(=O)CN1C(=O)C2CCC(C)(C1=O)C2(C)C)c1ccccc1. The molecule has 3 atom stereocenters. The van der Waals surface area contributed by atoms with E-state index < -0.39 is 5.41 Å². The zero-order valence-electron chi connectivity index (χ0n) is 15.3. The summed E-state index contributed by atoms with van der Waals surface area (Å²) < 4.78 is 0. The average Bonchev–Trinajstić information content (AvgIpc) is 2.77. The molecule has 1 aromatic rings. The van der Waals surface area contributed by atoms with Gasteiger partial charge in [-0.05, 0) is 30.7 Å². The second kappa shape index (κ2) is 5.97. The highest BCUT2D eigenvalue weighted by Gasteiger charge is 2.64. The number of rotatable bonds is 4. The van der Waals surface area contributed by atoms with Crippen molar-refractivity contribution >= 4 is 17.7 Å². The first-order valence-corrected chi connectivity index (χ1v) is 8.88. The van der Waals surface area contributed by atoms with Crippen molar-refractivity contribution in [3.63, 3.8) is 0 Å². The lowest BCUT2D eigenvalue weighted by atomic mass is 9.62. The molecule has 5 heteroatoms. The van der Waals surface area contributed by atoms with Crippen molar-refractivity contribution in [3.05, 3.63) is 35.9 Å². The number of hydrogen-bond acceptors (Lipinski definition) is 3. The fourth-order valence-corrected chi connectivity index (χ4v) is 4.31. The molecular weight excluding hydrogens is 316 g/mol. The van der Waals surface area contributed by atoms with Crippen molar-refractivity contribution in [1.82, 2.24) is 10.2 Å². The van der Waals surface area contributed by atoms with Gasteiger partial charge in [-0.25, -0.2) is 0 Å². The minimum atomic E-state index is -0.573. The number of amides is 3. The van der Waals surface area contributed by atoms with Crippen LogP contribution in [0.5, 0.6) is 0 Å². The van der Waals surface area contributed by atoms with E-state index in [2.05, 4.69) is 5.32 Å². The van der Waals surface area contributed by atoms with Gasteiger partial charge in [-0.15, -0.1) is 0 Å². The van der Waals surface area contributed by atoms with Gasteiger partial charge in [-0.3, -0.25) is 19.3 Å². The summed E-state index contributed by atoms with van der Waals surface area (Å²) in [6.07, 6.45) is 1.42. The fraction of sp³-hybridized carbons (Fsp3) is 0.550. The molecule has 5 nitrogen and oxygen atoms in total. The number of hydrogen-bond donors (Lipinski definition) is 1. The van der Waals surface area contributed by atoms with Crippen LogP contribution < -0.4 is 5.32 Å². The predicted molar refractivity (Wildman–Crippen MR) is 94.3 cm³/mol. The van der Waals surface area contributed by atoms with E-state index in [0.717, 1.165) is 5.56 Å². The second-order valence-electron chi connectivity index (χ2n) is 8.07. The average molecular weight is 342 g/mol. The molecule has 25 heavy (non-hydrogen) atoms. The van der Waals surface area contributed by atoms with E-state index >= 15 is 0 Å². The number of carbonyl (C=O) groups excluding carboxylic acids is 3. The van der Waals surface area contributed by atoms with Gasteiger partial charge in [0.05, 0.1) is 11.5 Å². The number of nitrogens with zero attached hydrogens (tertiary/aromatic N) is 1. The summed E-state index contributed by atoms with van der Waals surface area (Å²) in [6, 6.07) is 9.44. The lowest BCUT2D eigenvalue weighted by molar-refractivity contribution is -0.169. The van der Waals surface area contributed by atoms with Crippen LogP contribution in [0, 0.1) is 16.7 Å². The van der Waals surface area contributed by atoms with Crippen LogP contribution in [0.3, 0.4) is 0 Å². The monoisotopic (exact) mass is 342 g/mol. The summed E-state index contributed by atoms with van der Waals surface area (Å²) in [5, 5.41) is 2.88. The lowest BCUT2D eigenvalue weighted by Crippen LogP contribution is -2.60. The van der Waals surface area contributed by atoms with Crippen LogP contribution in [0.4, 0.5) is 0 Å². The number of likely N-dealkylation sites (tertiary alicyclic amines) is 1. The topological polar surface area (TPSA) is 66.5 Å². The summed E-state index contributed by atoms with van der Waals surface area (Å²) in [5.74, 6) is -0.901. The Labute approximate surface area is 148 Å². The molecule has 0 spiro atoms. The third-order valence-corrected chi connectivity index (χ3v) is 6.49. The van der Waals surface area contributed by atoms with E-state index in [1.165, 1.54) is 4.90 Å². The molecule has 2 fully saturated rings. The molecule has 134 valence electrons. The predicted octanol–water partition coefficient (Wildman–Crippen LogP) is 2.68. The zero-order valence-corrected chi connectivity index (χ0v) is 15.3. The molecule has 1 heterocycles. The molecule has 3 rings (SSSR count). The first-order valence-electron chi connectivity index (χ1n) is 8.88.